The van der Waals surface area contributed by atoms with Gasteiger partial charge in [0.15, 0.2) is 0 Å². The Balaban J connectivity index is 1.97. The van der Waals surface area contributed by atoms with E-state index in [1.165, 1.54) is 6.42 Å². The Labute approximate surface area is 122 Å². The number of aliphatic hydroxyl groups excluding tert-OH is 1. The molecule has 1 saturated carbocycles. The smallest absolute Gasteiger partial charge is 0.245 e. The van der Waals surface area contributed by atoms with Crippen LogP contribution in [0.15, 0.2) is 12.1 Å². The van der Waals surface area contributed by atoms with Crippen LogP contribution >= 0.6 is 11.6 Å². The van der Waals surface area contributed by atoms with E-state index in [0.717, 1.165) is 29.8 Å². The second-order valence-electron chi connectivity index (χ2n) is 5.36. The zero-order chi connectivity index (χ0) is 14.3. The molecule has 3 rings (SSSR count). The van der Waals surface area contributed by atoms with E-state index in [0.29, 0.717) is 17.6 Å². The summed E-state index contributed by atoms with van der Waals surface area (Å²) in [5, 5.41) is 12.6. The molecule has 4 N–H and O–H groups in total. The lowest BCUT2D eigenvalue weighted by atomic mass is 9.91. The van der Waals surface area contributed by atoms with E-state index >= 15 is 0 Å². The molecule has 1 aromatic carbocycles. The quantitative estimate of drug-likeness (QED) is 0.789. The fourth-order valence-electron chi connectivity index (χ4n) is 2.82. The van der Waals surface area contributed by atoms with Crippen molar-refractivity contribution in [2.24, 2.45) is 5.73 Å². The summed E-state index contributed by atoms with van der Waals surface area (Å²) in [5.74, 6) is -0.203. The Morgan fingerprint density at radius 3 is 2.80 bits per heavy atom. The van der Waals surface area contributed by atoms with Gasteiger partial charge in [0.25, 0.3) is 0 Å². The largest absolute Gasteiger partial charge is 0.395 e. The number of carbonyl (C=O) groups excluding carboxylic acids is 1. The Morgan fingerprint density at radius 1 is 1.45 bits per heavy atom. The number of nitrogens with zero attached hydrogens (tertiary/aromatic N) is 1. The molecule has 0 spiro atoms. The van der Waals surface area contributed by atoms with E-state index in [-0.39, 0.29) is 12.5 Å². The number of fused-ring (bicyclic) bond motifs is 1. The summed E-state index contributed by atoms with van der Waals surface area (Å²) in [5.41, 5.74) is 8.14. The Bertz CT molecular complexity index is 545. The number of aliphatic hydroxyl groups is 1. The third kappa shape index (κ3) is 2.16. The van der Waals surface area contributed by atoms with Crippen LogP contribution in [-0.2, 0) is 4.79 Å². The molecule has 20 heavy (non-hydrogen) atoms. The standard InChI is InChI=1S/C14H18ClN3O2/c15-10-6-9-11(17-14(20)13(9)16)7-12(10)18(4-5-19)8-2-1-3-8/h6-8,13,19H,1-5,16H2,(H,17,20). The number of nitrogens with one attached hydrogen (secondary N) is 1. The monoisotopic (exact) mass is 295 g/mol. The second kappa shape index (κ2) is 5.24. The van der Waals surface area contributed by atoms with Crippen LogP contribution < -0.4 is 16.0 Å². The maximum Gasteiger partial charge on any atom is 0.245 e. The average Bonchev–Trinajstić information content (AvgIpc) is 2.62. The van der Waals surface area contributed by atoms with Crippen molar-refractivity contribution >= 4 is 28.9 Å². The first-order chi connectivity index (χ1) is 9.61. The molecule has 108 valence electrons. The first-order valence-electron chi connectivity index (χ1n) is 6.89. The number of benzene rings is 1. The number of nitrogens with two attached hydrogens (primary N) is 1. The van der Waals surface area contributed by atoms with Gasteiger partial charge in [0.1, 0.15) is 6.04 Å². The number of carbonyl (C=O) groups is 1. The number of anilines is 2. The van der Waals surface area contributed by atoms with E-state index in [4.69, 9.17) is 17.3 Å². The third-order valence-corrected chi connectivity index (χ3v) is 4.46. The summed E-state index contributed by atoms with van der Waals surface area (Å²) in [6.07, 6.45) is 3.43. The molecule has 1 atom stereocenters. The molecule has 2 aliphatic rings. The summed E-state index contributed by atoms with van der Waals surface area (Å²) >= 11 is 6.36. The molecule has 0 radical (unpaired) electrons. The Morgan fingerprint density at radius 2 is 2.20 bits per heavy atom. The van der Waals surface area contributed by atoms with E-state index < -0.39 is 6.04 Å². The minimum Gasteiger partial charge on any atom is -0.395 e. The lowest BCUT2D eigenvalue weighted by molar-refractivity contribution is -0.116. The molecule has 1 aliphatic heterocycles. The van der Waals surface area contributed by atoms with Crippen LogP contribution in [0.5, 0.6) is 0 Å². The summed E-state index contributed by atoms with van der Waals surface area (Å²) in [6.45, 7) is 0.624. The van der Waals surface area contributed by atoms with Gasteiger partial charge in [-0.2, -0.15) is 0 Å². The topological polar surface area (TPSA) is 78.6 Å². The minimum absolute atomic E-state index is 0.0792. The number of amides is 1. The number of rotatable bonds is 4. The van der Waals surface area contributed by atoms with Gasteiger partial charge in [-0.05, 0) is 31.4 Å². The highest BCUT2D eigenvalue weighted by Gasteiger charge is 2.31. The van der Waals surface area contributed by atoms with Crippen molar-refractivity contribution in [1.29, 1.82) is 0 Å². The normalized spacial score (nSPS) is 21.4. The van der Waals surface area contributed by atoms with Gasteiger partial charge in [0.05, 0.1) is 17.3 Å². The van der Waals surface area contributed by atoms with Crippen molar-refractivity contribution in [3.05, 3.63) is 22.7 Å². The lowest BCUT2D eigenvalue weighted by Gasteiger charge is -2.39. The number of hydrogen-bond donors (Lipinski definition) is 3. The average molecular weight is 296 g/mol. The molecule has 0 bridgehead atoms. The predicted molar refractivity (Wildman–Crippen MR) is 79.1 cm³/mol. The van der Waals surface area contributed by atoms with Crippen molar-refractivity contribution in [3.8, 4) is 0 Å². The zero-order valence-corrected chi connectivity index (χ0v) is 11.9. The highest BCUT2D eigenvalue weighted by Crippen LogP contribution is 2.40. The second-order valence-corrected chi connectivity index (χ2v) is 5.77. The molecule has 1 aliphatic carbocycles. The van der Waals surface area contributed by atoms with Crippen LogP contribution in [0, 0.1) is 0 Å². The van der Waals surface area contributed by atoms with Crippen LogP contribution in [0.1, 0.15) is 30.9 Å². The van der Waals surface area contributed by atoms with Crippen LogP contribution in [0.4, 0.5) is 11.4 Å². The van der Waals surface area contributed by atoms with Gasteiger partial charge in [-0.25, -0.2) is 0 Å². The van der Waals surface area contributed by atoms with E-state index in [1.807, 2.05) is 6.07 Å². The SMILES string of the molecule is NC1C(=O)Nc2cc(N(CCO)C3CCC3)c(Cl)cc21. The van der Waals surface area contributed by atoms with Gasteiger partial charge < -0.3 is 21.1 Å². The molecule has 0 saturated heterocycles. The van der Waals surface area contributed by atoms with Gasteiger partial charge in [-0.3, -0.25) is 4.79 Å². The van der Waals surface area contributed by atoms with Crippen LogP contribution in [0.25, 0.3) is 0 Å². The Hall–Kier alpha value is -1.30. The summed E-state index contributed by atoms with van der Waals surface area (Å²) < 4.78 is 0. The molecule has 1 aromatic rings. The van der Waals surface area contributed by atoms with Crippen molar-refractivity contribution in [1.82, 2.24) is 0 Å². The maximum absolute atomic E-state index is 11.6. The van der Waals surface area contributed by atoms with E-state index in [2.05, 4.69) is 10.2 Å². The van der Waals surface area contributed by atoms with E-state index in [9.17, 15) is 9.90 Å². The number of hydrogen-bond acceptors (Lipinski definition) is 4. The van der Waals surface area contributed by atoms with Crippen molar-refractivity contribution < 1.29 is 9.90 Å². The molecular formula is C14H18ClN3O2. The predicted octanol–water partition coefficient (Wildman–Crippen LogP) is 1.64. The number of halogens is 1. The van der Waals surface area contributed by atoms with Crippen molar-refractivity contribution in [2.45, 2.75) is 31.3 Å². The van der Waals surface area contributed by atoms with Crippen molar-refractivity contribution in [3.63, 3.8) is 0 Å². The first-order valence-corrected chi connectivity index (χ1v) is 7.27. The fourth-order valence-corrected chi connectivity index (χ4v) is 3.10. The highest BCUT2D eigenvalue weighted by atomic mass is 35.5. The highest BCUT2D eigenvalue weighted by molar-refractivity contribution is 6.33. The summed E-state index contributed by atoms with van der Waals surface area (Å²) in [6, 6.07) is 3.41. The van der Waals surface area contributed by atoms with Gasteiger partial charge in [0.2, 0.25) is 5.91 Å². The molecule has 1 amide bonds. The zero-order valence-electron chi connectivity index (χ0n) is 11.1. The summed E-state index contributed by atoms with van der Waals surface area (Å²) in [4.78, 5) is 13.7. The molecular weight excluding hydrogens is 278 g/mol. The molecule has 0 aromatic heterocycles. The third-order valence-electron chi connectivity index (χ3n) is 4.16. The fraction of sp³-hybridized carbons (Fsp3) is 0.500. The Kier molecular flexibility index (Phi) is 3.58. The minimum atomic E-state index is -0.647. The van der Waals surface area contributed by atoms with Crippen LogP contribution in [-0.4, -0.2) is 30.2 Å². The molecule has 1 heterocycles. The maximum atomic E-state index is 11.6. The van der Waals surface area contributed by atoms with Crippen molar-refractivity contribution in [2.75, 3.05) is 23.4 Å². The lowest BCUT2D eigenvalue weighted by Crippen LogP contribution is -2.42. The molecule has 1 fully saturated rings. The molecule has 5 nitrogen and oxygen atoms in total. The van der Waals surface area contributed by atoms with Gasteiger partial charge in [-0.1, -0.05) is 11.6 Å². The van der Waals surface area contributed by atoms with Gasteiger partial charge >= 0.3 is 0 Å². The van der Waals surface area contributed by atoms with E-state index in [1.54, 1.807) is 6.07 Å². The first kappa shape index (κ1) is 13.7. The summed E-state index contributed by atoms with van der Waals surface area (Å²) in [7, 11) is 0. The van der Waals surface area contributed by atoms with Crippen LogP contribution in [0.3, 0.4) is 0 Å². The van der Waals surface area contributed by atoms with Crippen LogP contribution in [0.2, 0.25) is 5.02 Å². The molecule has 1 unspecified atom stereocenters. The van der Waals surface area contributed by atoms with Gasteiger partial charge in [0, 0.05) is 23.8 Å². The van der Waals surface area contributed by atoms with Gasteiger partial charge in [-0.15, -0.1) is 0 Å². The molecule has 6 heteroatoms.